The summed E-state index contributed by atoms with van der Waals surface area (Å²) in [6.07, 6.45) is 1.65. The van der Waals surface area contributed by atoms with E-state index in [1.165, 1.54) is 20.3 Å². The van der Waals surface area contributed by atoms with Gasteiger partial charge in [-0.1, -0.05) is 29.8 Å². The Morgan fingerprint density at radius 1 is 1.02 bits per heavy atom. The first kappa shape index (κ1) is 27.6. The normalized spacial score (nSPS) is 21.2. The van der Waals surface area contributed by atoms with E-state index < -0.39 is 23.7 Å². The monoisotopic (exact) mass is 567 g/mol. The van der Waals surface area contributed by atoms with Crippen LogP contribution in [0.15, 0.2) is 60.8 Å². The van der Waals surface area contributed by atoms with Crippen LogP contribution in [0.4, 0.5) is 15.0 Å². The summed E-state index contributed by atoms with van der Waals surface area (Å²) in [5.74, 6) is -0.397. The van der Waals surface area contributed by atoms with E-state index in [0.717, 1.165) is 5.56 Å². The molecule has 11 heteroatoms. The molecular formula is C29H31ClFN5O4. The van der Waals surface area contributed by atoms with Gasteiger partial charge in [0.1, 0.15) is 11.6 Å². The van der Waals surface area contributed by atoms with Gasteiger partial charge in [0, 0.05) is 55.9 Å². The molecule has 0 saturated carbocycles. The predicted octanol–water partition coefficient (Wildman–Crippen LogP) is 4.54. The highest BCUT2D eigenvalue weighted by Crippen LogP contribution is 2.38. The number of aromatic nitrogens is 2. The molecule has 40 heavy (non-hydrogen) atoms. The van der Waals surface area contributed by atoms with Crippen molar-refractivity contribution in [2.75, 3.05) is 51.8 Å². The van der Waals surface area contributed by atoms with Crippen LogP contribution in [0.3, 0.4) is 0 Å². The van der Waals surface area contributed by atoms with Gasteiger partial charge in [0.25, 0.3) is 0 Å². The quantitative estimate of drug-likeness (QED) is 0.447. The number of amides is 2. The van der Waals surface area contributed by atoms with E-state index in [9.17, 15) is 9.59 Å². The van der Waals surface area contributed by atoms with Crippen molar-refractivity contribution in [2.24, 2.45) is 5.92 Å². The van der Waals surface area contributed by atoms with Gasteiger partial charge in [0.15, 0.2) is 5.82 Å². The molecule has 2 saturated heterocycles. The summed E-state index contributed by atoms with van der Waals surface area (Å²) < 4.78 is 25.5. The third-order valence-electron chi connectivity index (χ3n) is 7.76. The molecule has 0 aliphatic carbocycles. The van der Waals surface area contributed by atoms with Crippen molar-refractivity contribution in [3.8, 4) is 5.75 Å². The predicted molar refractivity (Wildman–Crippen MR) is 148 cm³/mol. The number of carbonyl (C=O) groups is 2. The van der Waals surface area contributed by atoms with Gasteiger partial charge in [-0.2, -0.15) is 5.10 Å². The zero-order valence-electron chi connectivity index (χ0n) is 22.4. The van der Waals surface area contributed by atoms with Gasteiger partial charge in [0.2, 0.25) is 5.91 Å². The fourth-order valence-electron chi connectivity index (χ4n) is 5.71. The number of nitrogens with zero attached hydrogens (tertiary/aromatic N) is 5. The number of halogens is 2. The third kappa shape index (κ3) is 5.67. The first-order chi connectivity index (χ1) is 19.4. The first-order valence-corrected chi connectivity index (χ1v) is 13.5. The summed E-state index contributed by atoms with van der Waals surface area (Å²) in [7, 11) is 2.84. The molecule has 0 spiro atoms. The van der Waals surface area contributed by atoms with Gasteiger partial charge >= 0.3 is 6.09 Å². The van der Waals surface area contributed by atoms with Crippen molar-refractivity contribution >= 4 is 29.4 Å². The number of methoxy groups -OCH3 is 2. The molecule has 2 aliphatic rings. The van der Waals surface area contributed by atoms with Gasteiger partial charge in [-0.05, 0) is 47.9 Å². The van der Waals surface area contributed by atoms with Crippen LogP contribution in [0.5, 0.6) is 5.75 Å². The van der Waals surface area contributed by atoms with Gasteiger partial charge in [-0.15, -0.1) is 5.10 Å². The van der Waals surface area contributed by atoms with Crippen LogP contribution in [-0.4, -0.2) is 78.9 Å². The molecule has 3 heterocycles. The lowest BCUT2D eigenvalue weighted by atomic mass is 9.87. The maximum atomic E-state index is 15.3. The van der Waals surface area contributed by atoms with Crippen LogP contribution in [0, 0.1) is 11.7 Å². The van der Waals surface area contributed by atoms with Crippen molar-refractivity contribution in [1.29, 1.82) is 0 Å². The lowest BCUT2D eigenvalue weighted by Crippen LogP contribution is -2.42. The molecule has 0 N–H and O–H groups in total. The van der Waals surface area contributed by atoms with Crippen LogP contribution < -0.4 is 9.64 Å². The topological polar surface area (TPSA) is 88.1 Å². The van der Waals surface area contributed by atoms with Crippen LogP contribution in [0.25, 0.3) is 0 Å². The molecule has 0 bridgehead atoms. The molecular weight excluding hydrogens is 537 g/mol. The Bertz CT molecular complexity index is 1350. The highest BCUT2D eigenvalue weighted by molar-refractivity contribution is 6.30. The number of ether oxygens (including phenoxy) is 2. The van der Waals surface area contributed by atoms with E-state index in [4.69, 9.17) is 21.1 Å². The van der Waals surface area contributed by atoms with Crippen molar-refractivity contribution in [2.45, 2.75) is 18.4 Å². The molecule has 2 aromatic carbocycles. The van der Waals surface area contributed by atoms with Crippen molar-refractivity contribution < 1.29 is 23.5 Å². The van der Waals surface area contributed by atoms with E-state index in [1.54, 1.807) is 46.3 Å². The molecule has 9 nitrogen and oxygen atoms in total. The summed E-state index contributed by atoms with van der Waals surface area (Å²) in [6, 6.07) is 15.4. The van der Waals surface area contributed by atoms with Crippen LogP contribution in [0.2, 0.25) is 5.02 Å². The summed E-state index contributed by atoms with van der Waals surface area (Å²) in [6.45, 7) is 1.84. The smallest absolute Gasteiger partial charge is 0.410 e. The number of anilines is 1. The Hall–Kier alpha value is -3.92. The van der Waals surface area contributed by atoms with Gasteiger partial charge in [-0.25, -0.2) is 9.18 Å². The van der Waals surface area contributed by atoms with Gasteiger partial charge in [-0.3, -0.25) is 9.69 Å². The zero-order chi connectivity index (χ0) is 28.2. The lowest BCUT2D eigenvalue weighted by molar-refractivity contribution is -0.135. The fourth-order valence-corrected chi connectivity index (χ4v) is 5.83. The Morgan fingerprint density at radius 2 is 1.82 bits per heavy atom. The highest BCUT2D eigenvalue weighted by atomic mass is 35.5. The third-order valence-corrected chi connectivity index (χ3v) is 8.01. The minimum Gasteiger partial charge on any atom is -0.497 e. The molecule has 5 rings (SSSR count). The molecule has 2 amide bonds. The van der Waals surface area contributed by atoms with E-state index >= 15 is 4.39 Å². The Balaban J connectivity index is 1.42. The second-order valence-corrected chi connectivity index (χ2v) is 10.4. The summed E-state index contributed by atoms with van der Waals surface area (Å²) in [4.78, 5) is 32.3. The summed E-state index contributed by atoms with van der Waals surface area (Å²) in [5.41, 5.74) is 1.37. The van der Waals surface area contributed by atoms with E-state index in [0.29, 0.717) is 61.3 Å². The minimum absolute atomic E-state index is 0.0896. The molecule has 2 aliphatic heterocycles. The molecule has 210 valence electrons. The van der Waals surface area contributed by atoms with E-state index in [2.05, 4.69) is 10.2 Å². The molecule has 3 unspecified atom stereocenters. The average molecular weight is 568 g/mol. The summed E-state index contributed by atoms with van der Waals surface area (Å²) in [5, 5.41) is 8.80. The average Bonchev–Trinajstić information content (AvgIpc) is 3.30. The molecule has 3 atom stereocenters. The number of hydrogen-bond acceptors (Lipinski definition) is 7. The van der Waals surface area contributed by atoms with Crippen LogP contribution in [-0.2, 0) is 9.53 Å². The second kappa shape index (κ2) is 12.1. The number of hydrogen-bond donors (Lipinski definition) is 0. The Kier molecular flexibility index (Phi) is 8.35. The second-order valence-electron chi connectivity index (χ2n) is 9.93. The van der Waals surface area contributed by atoms with E-state index in [-0.39, 0.29) is 11.9 Å². The minimum atomic E-state index is -0.524. The number of rotatable bonds is 5. The first-order valence-electron chi connectivity index (χ1n) is 13.1. The van der Waals surface area contributed by atoms with E-state index in [1.807, 2.05) is 23.1 Å². The largest absolute Gasteiger partial charge is 0.497 e. The number of carbonyl (C=O) groups excluding carboxylic acids is 2. The number of benzene rings is 2. The maximum absolute atomic E-state index is 15.3. The molecule has 2 fully saturated rings. The zero-order valence-corrected chi connectivity index (χ0v) is 23.1. The summed E-state index contributed by atoms with van der Waals surface area (Å²) >= 11 is 6.09. The lowest BCUT2D eigenvalue weighted by Gasteiger charge is -2.28. The van der Waals surface area contributed by atoms with Gasteiger partial charge < -0.3 is 19.3 Å². The van der Waals surface area contributed by atoms with Crippen molar-refractivity contribution in [3.63, 3.8) is 0 Å². The van der Waals surface area contributed by atoms with Crippen LogP contribution >= 0.6 is 11.6 Å². The fraction of sp³-hybridized carbons (Fsp3) is 0.379. The highest BCUT2D eigenvalue weighted by Gasteiger charge is 2.43. The maximum Gasteiger partial charge on any atom is 0.410 e. The Morgan fingerprint density at radius 3 is 2.50 bits per heavy atom. The van der Waals surface area contributed by atoms with Crippen molar-refractivity contribution in [1.82, 2.24) is 20.0 Å². The van der Waals surface area contributed by atoms with Gasteiger partial charge in [0.05, 0.1) is 26.2 Å². The Labute approximate surface area is 237 Å². The molecule has 0 radical (unpaired) electrons. The SMILES string of the molecule is COC(=O)N1CCN(C(=O)C2CN(c3cccnn3)CC2c2ccc(OC)cc2F)CCC1c1ccc(Cl)cc1. The van der Waals surface area contributed by atoms with Crippen LogP contribution in [0.1, 0.15) is 29.5 Å². The standard InChI is InChI=1S/C29H31ClFN5O4/c1-39-21-9-10-22(25(31)16-21)23-17-35(27-4-3-12-32-33-27)18-24(23)28(37)34-13-11-26(19-5-7-20(30)8-6-19)36(15-14-34)29(38)40-2/h3-10,12,16,23-24,26H,11,13-15,17-18H2,1-2H3. The van der Waals surface area contributed by atoms with Crippen molar-refractivity contribution in [3.05, 3.63) is 82.8 Å². The molecule has 3 aromatic rings. The molecule has 1 aromatic heterocycles.